The fraction of sp³-hybridized carbons (Fsp3) is 0.500. The fourth-order valence-corrected chi connectivity index (χ4v) is 5.91. The molecule has 0 spiro atoms. The molecule has 42 heavy (non-hydrogen) atoms. The number of aliphatic imine (C=N–C) groups is 1. The van der Waals surface area contributed by atoms with Gasteiger partial charge in [0.1, 0.15) is 28.5 Å². The van der Waals surface area contributed by atoms with Crippen molar-refractivity contribution in [3.63, 3.8) is 0 Å². The van der Waals surface area contributed by atoms with Crippen molar-refractivity contribution >= 4 is 29.0 Å². The maximum atomic E-state index is 14.2. The molecule has 0 bridgehead atoms. The predicted octanol–water partition coefficient (Wildman–Crippen LogP) is 6.61. The number of hydrogen-bond donors (Lipinski definition) is 0. The van der Waals surface area contributed by atoms with Crippen molar-refractivity contribution in [2.24, 2.45) is 4.99 Å². The van der Waals surface area contributed by atoms with Crippen molar-refractivity contribution in [2.45, 2.75) is 59.1 Å². The van der Waals surface area contributed by atoms with Gasteiger partial charge in [0.15, 0.2) is 0 Å². The summed E-state index contributed by atoms with van der Waals surface area (Å²) < 4.78 is 70.0. The van der Waals surface area contributed by atoms with Gasteiger partial charge in [-0.15, -0.1) is 0 Å². The summed E-state index contributed by atoms with van der Waals surface area (Å²) in [6.07, 6.45) is 6.84. The minimum atomic E-state index is -4.47. The Hall–Kier alpha value is -3.28. The summed E-state index contributed by atoms with van der Waals surface area (Å²) in [6, 6.07) is 1.81. The fourth-order valence-electron chi connectivity index (χ4n) is 4.65. The minimum absolute atomic E-state index is 0.0397. The molecule has 7 nitrogen and oxygen atoms in total. The highest BCUT2D eigenvalue weighted by molar-refractivity contribution is 7.86. The number of rotatable bonds is 7. The maximum Gasteiger partial charge on any atom is 0.416 e. The Morgan fingerprint density at radius 2 is 1.81 bits per heavy atom. The summed E-state index contributed by atoms with van der Waals surface area (Å²) in [5.74, 6) is 1.05. The lowest BCUT2D eigenvalue weighted by atomic mass is 10.1. The second-order valence-electron chi connectivity index (χ2n) is 9.73. The van der Waals surface area contributed by atoms with Crippen molar-refractivity contribution in [2.75, 3.05) is 47.7 Å². The minimum Gasteiger partial charge on any atom is -0.355 e. The number of nitrogens with zero attached hydrogens (tertiary/aromatic N) is 6. The molecule has 3 aliphatic rings. The average Bonchev–Trinajstić information content (AvgIpc) is 3.39. The van der Waals surface area contributed by atoms with Crippen LogP contribution in [-0.4, -0.2) is 69.9 Å². The second-order valence-corrected chi connectivity index (χ2v) is 11.2. The highest BCUT2D eigenvalue weighted by atomic mass is 32.2. The molecule has 1 atom stereocenters. The highest BCUT2D eigenvalue weighted by Crippen LogP contribution is 2.34. The molecule has 3 aliphatic heterocycles. The first-order valence-electron chi connectivity index (χ1n) is 14.4. The van der Waals surface area contributed by atoms with Gasteiger partial charge in [0.2, 0.25) is 5.95 Å². The third-order valence-corrected chi connectivity index (χ3v) is 8.37. The molecule has 230 valence electrons. The number of halogens is 4. The first kappa shape index (κ1) is 33.2. The maximum absolute atomic E-state index is 14.2. The Morgan fingerprint density at radius 3 is 2.52 bits per heavy atom. The average molecular weight is 609 g/mol. The molecule has 0 aromatic carbocycles. The molecule has 0 amide bonds. The molecule has 2 saturated heterocycles. The molecule has 0 saturated carbocycles. The van der Waals surface area contributed by atoms with Crippen LogP contribution in [0.5, 0.6) is 0 Å². The van der Waals surface area contributed by atoms with Crippen LogP contribution in [0.25, 0.3) is 0 Å². The van der Waals surface area contributed by atoms with Crippen LogP contribution >= 0.6 is 0 Å². The van der Waals surface area contributed by atoms with Crippen molar-refractivity contribution in [1.82, 2.24) is 14.9 Å². The van der Waals surface area contributed by atoms with Crippen LogP contribution in [0.3, 0.4) is 0 Å². The van der Waals surface area contributed by atoms with E-state index in [1.165, 1.54) is 30.5 Å². The summed E-state index contributed by atoms with van der Waals surface area (Å²) >= 11 is 0. The molecular formula is C30H40F4N6OS. The Balaban J connectivity index is 0.00000237. The third kappa shape index (κ3) is 8.86. The highest BCUT2D eigenvalue weighted by Gasteiger charge is 2.38. The van der Waals surface area contributed by atoms with E-state index in [9.17, 15) is 21.8 Å². The van der Waals surface area contributed by atoms with E-state index >= 15 is 0 Å². The lowest BCUT2D eigenvalue weighted by molar-refractivity contribution is -0.0951. The summed E-state index contributed by atoms with van der Waals surface area (Å²) in [5.41, 5.74) is 0.408. The van der Waals surface area contributed by atoms with Gasteiger partial charge in [-0.2, -0.15) is 18.2 Å². The zero-order valence-electron chi connectivity index (χ0n) is 24.5. The van der Waals surface area contributed by atoms with Crippen LogP contribution in [0.2, 0.25) is 0 Å². The Bertz CT molecular complexity index is 1270. The van der Waals surface area contributed by atoms with Crippen LogP contribution in [0.1, 0.15) is 52.1 Å². The lowest BCUT2D eigenvalue weighted by Gasteiger charge is -2.28. The SMILES string of the molecule is C=C/C(C)=C(F)\C=C/Cc1cc(N2CCCN(C3=C(C(F)(F)F)CC=CC=N3)CC2)nc(N2CCCCS2=O)n1.CC. The Labute approximate surface area is 248 Å². The van der Waals surface area contributed by atoms with Gasteiger partial charge in [-0.25, -0.2) is 18.6 Å². The normalized spacial score (nSPS) is 20.6. The van der Waals surface area contributed by atoms with E-state index in [0.29, 0.717) is 74.4 Å². The van der Waals surface area contributed by atoms with Crippen LogP contribution in [0, 0.1) is 0 Å². The van der Waals surface area contributed by atoms with E-state index in [0.717, 1.165) is 12.8 Å². The van der Waals surface area contributed by atoms with E-state index in [1.54, 1.807) is 22.2 Å². The molecule has 1 aromatic heterocycles. The monoisotopic (exact) mass is 608 g/mol. The third-order valence-electron chi connectivity index (χ3n) is 6.90. The van der Waals surface area contributed by atoms with Gasteiger partial charge in [0.05, 0.1) is 11.3 Å². The van der Waals surface area contributed by atoms with Crippen molar-refractivity contribution in [3.8, 4) is 0 Å². The molecular weight excluding hydrogens is 568 g/mol. The van der Waals surface area contributed by atoms with E-state index in [2.05, 4.69) is 16.6 Å². The van der Waals surface area contributed by atoms with Crippen LogP contribution < -0.4 is 9.21 Å². The molecule has 4 rings (SSSR count). The number of allylic oxidation sites excluding steroid dienone is 8. The van der Waals surface area contributed by atoms with Crippen LogP contribution in [0.15, 0.2) is 70.8 Å². The number of hydrogen-bond acceptors (Lipinski definition) is 6. The van der Waals surface area contributed by atoms with Gasteiger partial charge in [0, 0.05) is 57.2 Å². The summed E-state index contributed by atoms with van der Waals surface area (Å²) in [7, 11) is -1.25. The van der Waals surface area contributed by atoms with Gasteiger partial charge >= 0.3 is 6.18 Å². The van der Waals surface area contributed by atoms with Crippen LogP contribution in [0.4, 0.5) is 29.3 Å². The zero-order valence-corrected chi connectivity index (χ0v) is 25.4. The van der Waals surface area contributed by atoms with Crippen molar-refractivity contribution in [1.29, 1.82) is 0 Å². The Kier molecular flexibility index (Phi) is 12.5. The van der Waals surface area contributed by atoms with E-state index in [1.807, 2.05) is 24.8 Å². The number of alkyl halides is 3. The quantitative estimate of drug-likeness (QED) is 0.258. The molecule has 0 radical (unpaired) electrons. The first-order chi connectivity index (χ1) is 20.2. The predicted molar refractivity (Wildman–Crippen MR) is 164 cm³/mol. The lowest BCUT2D eigenvalue weighted by Crippen LogP contribution is -2.36. The molecule has 1 unspecified atom stereocenters. The van der Waals surface area contributed by atoms with Gasteiger partial charge in [-0.1, -0.05) is 38.7 Å². The number of anilines is 2. The number of aromatic nitrogens is 2. The zero-order chi connectivity index (χ0) is 30.7. The van der Waals surface area contributed by atoms with Gasteiger partial charge in [-0.3, -0.25) is 4.31 Å². The van der Waals surface area contributed by atoms with E-state index < -0.39 is 28.6 Å². The molecule has 0 aliphatic carbocycles. The topological polar surface area (TPSA) is 64.9 Å². The van der Waals surface area contributed by atoms with E-state index in [-0.39, 0.29) is 12.2 Å². The molecule has 12 heteroatoms. The molecule has 1 aromatic rings. The van der Waals surface area contributed by atoms with E-state index in [4.69, 9.17) is 4.98 Å². The summed E-state index contributed by atoms with van der Waals surface area (Å²) in [5, 5.41) is 0. The van der Waals surface area contributed by atoms with Gasteiger partial charge in [-0.05, 0) is 50.3 Å². The van der Waals surface area contributed by atoms with Crippen molar-refractivity contribution < 1.29 is 21.8 Å². The van der Waals surface area contributed by atoms with Gasteiger partial charge in [0.25, 0.3) is 0 Å². The van der Waals surface area contributed by atoms with Gasteiger partial charge < -0.3 is 9.80 Å². The smallest absolute Gasteiger partial charge is 0.355 e. The largest absolute Gasteiger partial charge is 0.416 e. The van der Waals surface area contributed by atoms with Crippen molar-refractivity contribution in [3.05, 3.63) is 71.5 Å². The second kappa shape index (κ2) is 15.8. The first-order valence-corrected chi connectivity index (χ1v) is 15.6. The Morgan fingerprint density at radius 1 is 1.07 bits per heavy atom. The standard InChI is InChI=1S/C28H34F4N6OS.C2H6/c1-3-21(2)24(29)12-8-10-22-20-25(35-27(34-22)38-16-6-7-19-40(38)39)36-14-9-15-37(18-17-36)26-23(28(30,31)32)11-4-5-13-33-26;1-2/h3-5,8,12-13,20H,1,6-7,9-11,14-19H2,2H3;1-2H3/b12-8-,24-21+;. The summed E-state index contributed by atoms with van der Waals surface area (Å²) in [6.45, 7) is 11.5. The molecule has 4 heterocycles. The van der Waals surface area contributed by atoms with Crippen LogP contribution in [-0.2, 0) is 17.4 Å². The summed E-state index contributed by atoms with van der Waals surface area (Å²) in [4.78, 5) is 17.2. The molecule has 2 fully saturated rings. The molecule has 0 N–H and O–H groups in total.